The zero-order valence-electron chi connectivity index (χ0n) is 20.0. The molecule has 3 aromatic heterocycles. The minimum atomic E-state index is -0.237. The van der Waals surface area contributed by atoms with Crippen LogP contribution < -0.4 is 5.32 Å². The molecule has 9 heteroatoms. The largest absolute Gasteiger partial charge is 0.392 e. The van der Waals surface area contributed by atoms with E-state index in [4.69, 9.17) is 0 Å². The third-order valence-corrected chi connectivity index (χ3v) is 6.98. The van der Waals surface area contributed by atoms with Crippen LogP contribution in [0, 0.1) is 12.8 Å². The van der Waals surface area contributed by atoms with Crippen molar-refractivity contribution in [2.24, 2.45) is 13.0 Å². The van der Waals surface area contributed by atoms with Crippen LogP contribution in [0.1, 0.15) is 40.9 Å². The lowest BCUT2D eigenvalue weighted by Gasteiger charge is -2.13. The summed E-state index contributed by atoms with van der Waals surface area (Å²) in [6.07, 6.45) is 8.20. The number of aliphatic hydroxyl groups is 1. The van der Waals surface area contributed by atoms with Crippen molar-refractivity contribution in [1.29, 1.82) is 0 Å². The third kappa shape index (κ3) is 4.33. The van der Waals surface area contributed by atoms with E-state index in [2.05, 4.69) is 25.3 Å². The van der Waals surface area contributed by atoms with Crippen molar-refractivity contribution in [2.75, 3.05) is 18.4 Å². The van der Waals surface area contributed by atoms with Crippen LogP contribution in [-0.4, -0.2) is 59.3 Å². The van der Waals surface area contributed by atoms with E-state index in [1.165, 1.54) is 0 Å². The molecule has 180 valence electrons. The standard InChI is InChI=1S/C26H29N7O2/c1-16-18(12-32-10-8-20(34)14-32)13-33(30-16)24-7-9-27-26(29-24)28-19-5-6-23-21(11-19)22(15-31(23)2)25(35)17-3-4-17/h5-7,9,11,13,15,17,20,34H,3-4,8,10,12,14H2,1-2H3,(H,27,28,29)/t20-/m1/s1. The molecule has 9 nitrogen and oxygen atoms in total. The number of anilines is 2. The highest BCUT2D eigenvalue weighted by atomic mass is 16.3. The molecule has 1 aliphatic heterocycles. The Morgan fingerprint density at radius 2 is 2.06 bits per heavy atom. The molecule has 2 fully saturated rings. The first-order valence-corrected chi connectivity index (χ1v) is 12.1. The van der Waals surface area contributed by atoms with Gasteiger partial charge in [0, 0.05) is 85.0 Å². The Labute approximate surface area is 203 Å². The SMILES string of the molecule is Cc1nn(-c2ccnc(Nc3ccc4c(c3)c(C(=O)C3CC3)cn4C)n2)cc1CN1CC[C@@H](O)C1. The van der Waals surface area contributed by atoms with Gasteiger partial charge in [0.1, 0.15) is 0 Å². The van der Waals surface area contributed by atoms with Gasteiger partial charge in [-0.1, -0.05) is 0 Å². The Kier molecular flexibility index (Phi) is 5.38. The van der Waals surface area contributed by atoms with Crippen molar-refractivity contribution in [2.45, 2.75) is 38.8 Å². The van der Waals surface area contributed by atoms with E-state index in [9.17, 15) is 9.90 Å². The van der Waals surface area contributed by atoms with Gasteiger partial charge in [-0.3, -0.25) is 9.69 Å². The van der Waals surface area contributed by atoms with Gasteiger partial charge in [-0.25, -0.2) is 9.67 Å². The van der Waals surface area contributed by atoms with Crippen molar-refractivity contribution in [3.63, 3.8) is 0 Å². The van der Waals surface area contributed by atoms with Gasteiger partial charge in [0.15, 0.2) is 11.6 Å². The molecule has 4 heterocycles. The molecule has 0 bridgehead atoms. The molecule has 1 aromatic carbocycles. The number of Topliss-reactive ketones (excluding diaryl/α,β-unsaturated/α-hetero) is 1. The number of carbonyl (C=O) groups is 1. The number of ketones is 1. The summed E-state index contributed by atoms with van der Waals surface area (Å²) >= 11 is 0. The summed E-state index contributed by atoms with van der Waals surface area (Å²) in [5.74, 6) is 1.54. The lowest BCUT2D eigenvalue weighted by atomic mass is 10.1. The molecule has 0 unspecified atom stereocenters. The monoisotopic (exact) mass is 471 g/mol. The summed E-state index contributed by atoms with van der Waals surface area (Å²) in [5, 5.41) is 18.7. The second-order valence-corrected chi connectivity index (χ2v) is 9.75. The molecule has 1 saturated heterocycles. The average molecular weight is 472 g/mol. The van der Waals surface area contributed by atoms with Gasteiger partial charge in [0.05, 0.1) is 11.8 Å². The Morgan fingerprint density at radius 1 is 1.20 bits per heavy atom. The number of aliphatic hydroxyl groups excluding tert-OH is 1. The molecule has 0 radical (unpaired) electrons. The molecule has 2 N–H and O–H groups in total. The molecule has 35 heavy (non-hydrogen) atoms. The van der Waals surface area contributed by atoms with Crippen molar-refractivity contribution < 1.29 is 9.90 Å². The van der Waals surface area contributed by atoms with Crippen molar-refractivity contribution in [3.05, 3.63) is 59.7 Å². The number of nitrogens with zero attached hydrogens (tertiary/aromatic N) is 6. The first-order chi connectivity index (χ1) is 16.9. The minimum absolute atomic E-state index is 0.176. The van der Waals surface area contributed by atoms with E-state index in [0.29, 0.717) is 18.3 Å². The highest BCUT2D eigenvalue weighted by Gasteiger charge is 2.32. The molecule has 6 rings (SSSR count). The second-order valence-electron chi connectivity index (χ2n) is 9.75. The number of carbonyl (C=O) groups excluding carboxylic acids is 1. The van der Waals surface area contributed by atoms with Crippen LogP contribution in [0.2, 0.25) is 0 Å². The fraction of sp³-hybridized carbons (Fsp3) is 0.385. The average Bonchev–Trinajstić information content (AvgIpc) is 3.41. The predicted molar refractivity (Wildman–Crippen MR) is 133 cm³/mol. The topological polar surface area (TPSA) is 101 Å². The van der Waals surface area contributed by atoms with E-state index in [1.807, 2.05) is 55.2 Å². The Balaban J connectivity index is 1.24. The van der Waals surface area contributed by atoms with Crippen LogP contribution in [0.15, 0.2) is 42.9 Å². The summed E-state index contributed by atoms with van der Waals surface area (Å²) in [5.41, 5.74) is 4.71. The molecule has 4 aromatic rings. The lowest BCUT2D eigenvalue weighted by molar-refractivity contribution is 0.0969. The van der Waals surface area contributed by atoms with Crippen LogP contribution in [-0.2, 0) is 13.6 Å². The smallest absolute Gasteiger partial charge is 0.229 e. The number of aromatic nitrogens is 5. The van der Waals surface area contributed by atoms with Crippen molar-refractivity contribution >= 4 is 28.3 Å². The summed E-state index contributed by atoms with van der Waals surface area (Å²) in [6.45, 7) is 4.35. The number of hydrogen-bond donors (Lipinski definition) is 2. The van der Waals surface area contributed by atoms with E-state index in [-0.39, 0.29) is 17.8 Å². The van der Waals surface area contributed by atoms with E-state index < -0.39 is 0 Å². The molecule has 2 aliphatic rings. The van der Waals surface area contributed by atoms with Gasteiger partial charge < -0.3 is 15.0 Å². The lowest BCUT2D eigenvalue weighted by Crippen LogP contribution is -2.21. The summed E-state index contributed by atoms with van der Waals surface area (Å²) in [6, 6.07) is 7.82. The fourth-order valence-electron chi connectivity index (χ4n) is 4.86. The van der Waals surface area contributed by atoms with E-state index >= 15 is 0 Å². The highest BCUT2D eigenvalue weighted by Crippen LogP contribution is 2.36. The molecule has 0 amide bonds. The summed E-state index contributed by atoms with van der Waals surface area (Å²) in [4.78, 5) is 24.1. The maximum Gasteiger partial charge on any atom is 0.229 e. The third-order valence-electron chi connectivity index (χ3n) is 6.98. The first-order valence-electron chi connectivity index (χ1n) is 12.1. The number of hydrogen-bond acceptors (Lipinski definition) is 7. The van der Waals surface area contributed by atoms with E-state index in [1.54, 1.807) is 10.9 Å². The normalized spacial score (nSPS) is 18.4. The Hall–Kier alpha value is -3.56. The predicted octanol–water partition coefficient (Wildman–Crippen LogP) is 3.37. The molecule has 1 atom stereocenters. The number of nitrogens with one attached hydrogen (secondary N) is 1. The molecule has 1 aliphatic carbocycles. The van der Waals surface area contributed by atoms with Crippen LogP contribution in [0.25, 0.3) is 16.7 Å². The first kappa shape index (κ1) is 21.9. The van der Waals surface area contributed by atoms with Gasteiger partial charge in [0.2, 0.25) is 5.95 Å². The zero-order valence-corrected chi connectivity index (χ0v) is 20.0. The van der Waals surface area contributed by atoms with E-state index in [0.717, 1.165) is 65.8 Å². The van der Waals surface area contributed by atoms with Gasteiger partial charge in [0.25, 0.3) is 0 Å². The number of β-amino-alcohol motifs (C(OH)–C–C–N with tert-alkyl or cyclic N) is 1. The van der Waals surface area contributed by atoms with Gasteiger partial charge >= 0.3 is 0 Å². The fourth-order valence-corrected chi connectivity index (χ4v) is 4.86. The van der Waals surface area contributed by atoms with Crippen molar-refractivity contribution in [1.82, 2.24) is 29.2 Å². The number of benzene rings is 1. The summed E-state index contributed by atoms with van der Waals surface area (Å²) in [7, 11) is 1.97. The number of aryl methyl sites for hydroxylation is 2. The number of likely N-dealkylation sites (tertiary alicyclic amines) is 1. The number of fused-ring (bicyclic) bond motifs is 1. The minimum Gasteiger partial charge on any atom is -0.392 e. The number of rotatable bonds is 7. The highest BCUT2D eigenvalue weighted by molar-refractivity contribution is 6.10. The second kappa shape index (κ2) is 8.58. The molecular weight excluding hydrogens is 442 g/mol. The maximum absolute atomic E-state index is 12.8. The molecule has 1 saturated carbocycles. The van der Waals surface area contributed by atoms with Gasteiger partial charge in [-0.2, -0.15) is 10.1 Å². The summed E-state index contributed by atoms with van der Waals surface area (Å²) < 4.78 is 3.78. The zero-order chi connectivity index (χ0) is 24.1. The molecular formula is C26H29N7O2. The van der Waals surface area contributed by atoms with Crippen LogP contribution in [0.4, 0.5) is 11.6 Å². The maximum atomic E-state index is 12.8. The van der Waals surface area contributed by atoms with Crippen LogP contribution in [0.3, 0.4) is 0 Å². The van der Waals surface area contributed by atoms with Crippen LogP contribution in [0.5, 0.6) is 0 Å². The quantitative estimate of drug-likeness (QED) is 0.399. The van der Waals surface area contributed by atoms with Crippen LogP contribution >= 0.6 is 0 Å². The molecule has 0 spiro atoms. The Bertz CT molecular complexity index is 1420. The van der Waals surface area contributed by atoms with Gasteiger partial charge in [-0.05, 0) is 44.4 Å². The Morgan fingerprint density at radius 3 is 2.83 bits per heavy atom. The van der Waals surface area contributed by atoms with Crippen molar-refractivity contribution in [3.8, 4) is 5.82 Å². The van der Waals surface area contributed by atoms with Gasteiger partial charge in [-0.15, -0.1) is 0 Å².